The first-order valence-electron chi connectivity index (χ1n) is 6.81. The van der Waals surface area contributed by atoms with Crippen molar-refractivity contribution < 1.29 is 18.9 Å². The molecule has 0 radical (unpaired) electrons. The summed E-state index contributed by atoms with van der Waals surface area (Å²) in [6.45, 7) is 10.5. The molecule has 2 heterocycles. The molecule has 2 fully saturated rings. The highest BCUT2D eigenvalue weighted by Crippen LogP contribution is 2.39. The predicted octanol–water partition coefficient (Wildman–Crippen LogP) is 2.62. The van der Waals surface area contributed by atoms with Crippen LogP contribution >= 0.6 is 0 Å². The normalized spacial score (nSPS) is 37.7. The standard InChI is InChI=1S/C14H24O4/c1-5-7-9-15-11-10(8-6-2)16-13-12(11)17-14(3,4)18-13/h6,10-13H,2,5,7-9H2,1,3-4H3/t10-,11+,12?,13-/m1/s1. The first kappa shape index (κ1) is 14.0. The van der Waals surface area contributed by atoms with Gasteiger partial charge in [-0.05, 0) is 26.7 Å². The topological polar surface area (TPSA) is 36.9 Å². The van der Waals surface area contributed by atoms with Crippen LogP contribution in [0.1, 0.15) is 40.0 Å². The zero-order valence-electron chi connectivity index (χ0n) is 11.6. The molecular formula is C14H24O4. The highest BCUT2D eigenvalue weighted by Gasteiger charge is 2.54. The summed E-state index contributed by atoms with van der Waals surface area (Å²) in [7, 11) is 0. The Bertz CT molecular complexity index is 290. The molecule has 2 saturated heterocycles. The maximum atomic E-state index is 5.94. The van der Waals surface area contributed by atoms with Crippen molar-refractivity contribution in [2.45, 2.75) is 70.4 Å². The van der Waals surface area contributed by atoms with Gasteiger partial charge in [0, 0.05) is 6.61 Å². The van der Waals surface area contributed by atoms with Crippen LogP contribution in [0.3, 0.4) is 0 Å². The molecule has 2 rings (SSSR count). The van der Waals surface area contributed by atoms with Crippen molar-refractivity contribution in [2.24, 2.45) is 0 Å². The molecule has 2 aliphatic heterocycles. The van der Waals surface area contributed by atoms with E-state index < -0.39 is 5.79 Å². The van der Waals surface area contributed by atoms with E-state index >= 15 is 0 Å². The third-order valence-corrected chi connectivity index (χ3v) is 3.29. The van der Waals surface area contributed by atoms with Crippen LogP contribution in [0.2, 0.25) is 0 Å². The average Bonchev–Trinajstić information content (AvgIpc) is 2.73. The van der Waals surface area contributed by atoms with Crippen LogP contribution in [0.25, 0.3) is 0 Å². The number of hydrogen-bond donors (Lipinski definition) is 0. The van der Waals surface area contributed by atoms with Gasteiger partial charge in [-0.2, -0.15) is 0 Å². The molecule has 0 bridgehead atoms. The fourth-order valence-corrected chi connectivity index (χ4v) is 2.47. The van der Waals surface area contributed by atoms with Crippen LogP contribution in [0.5, 0.6) is 0 Å². The van der Waals surface area contributed by atoms with Crippen molar-refractivity contribution in [3.63, 3.8) is 0 Å². The molecule has 1 unspecified atom stereocenters. The number of hydrogen-bond acceptors (Lipinski definition) is 4. The molecule has 0 amide bonds. The Morgan fingerprint density at radius 1 is 1.33 bits per heavy atom. The van der Waals surface area contributed by atoms with E-state index in [0.29, 0.717) is 0 Å². The molecule has 0 N–H and O–H groups in total. The van der Waals surface area contributed by atoms with Crippen LogP contribution in [-0.2, 0) is 18.9 Å². The summed E-state index contributed by atoms with van der Waals surface area (Å²) in [6, 6.07) is 0. The van der Waals surface area contributed by atoms with Gasteiger partial charge in [-0.15, -0.1) is 6.58 Å². The van der Waals surface area contributed by atoms with Crippen LogP contribution in [0, 0.1) is 0 Å². The molecule has 0 aliphatic carbocycles. The SMILES string of the molecule is C=CC[C@H]1O[C@@H]2OC(C)(C)OC2[C@H]1OCCCC. The Morgan fingerprint density at radius 3 is 2.78 bits per heavy atom. The molecule has 18 heavy (non-hydrogen) atoms. The van der Waals surface area contributed by atoms with E-state index in [1.807, 2.05) is 19.9 Å². The molecule has 0 spiro atoms. The smallest absolute Gasteiger partial charge is 0.190 e. The number of ether oxygens (including phenoxy) is 4. The Kier molecular flexibility index (Phi) is 4.43. The monoisotopic (exact) mass is 256 g/mol. The zero-order chi connectivity index (χ0) is 13.2. The summed E-state index contributed by atoms with van der Waals surface area (Å²) < 4.78 is 23.4. The summed E-state index contributed by atoms with van der Waals surface area (Å²) in [5.41, 5.74) is 0. The first-order chi connectivity index (χ1) is 8.57. The Labute approximate surface area is 109 Å². The van der Waals surface area contributed by atoms with Crippen molar-refractivity contribution in [3.05, 3.63) is 12.7 Å². The van der Waals surface area contributed by atoms with E-state index in [-0.39, 0.29) is 24.6 Å². The fourth-order valence-electron chi connectivity index (χ4n) is 2.47. The van der Waals surface area contributed by atoms with Crippen molar-refractivity contribution in [1.29, 1.82) is 0 Å². The van der Waals surface area contributed by atoms with Crippen LogP contribution in [0.4, 0.5) is 0 Å². The molecule has 0 aromatic rings. The minimum Gasteiger partial charge on any atom is -0.373 e. The summed E-state index contributed by atoms with van der Waals surface area (Å²) in [5, 5.41) is 0. The lowest BCUT2D eigenvalue weighted by Gasteiger charge is -2.25. The summed E-state index contributed by atoms with van der Waals surface area (Å²) in [5.74, 6) is -0.582. The molecule has 4 heteroatoms. The largest absolute Gasteiger partial charge is 0.373 e. The van der Waals surface area contributed by atoms with Gasteiger partial charge in [0.2, 0.25) is 0 Å². The minimum absolute atomic E-state index is 0.00884. The highest BCUT2D eigenvalue weighted by molar-refractivity contribution is 4.96. The number of rotatable bonds is 6. The highest BCUT2D eigenvalue weighted by atomic mass is 16.8. The second-order valence-corrected chi connectivity index (χ2v) is 5.36. The van der Waals surface area contributed by atoms with Crippen LogP contribution in [0.15, 0.2) is 12.7 Å². The summed E-state index contributed by atoms with van der Waals surface area (Å²) in [6.07, 6.45) is 4.30. The second-order valence-electron chi connectivity index (χ2n) is 5.36. The Morgan fingerprint density at radius 2 is 2.11 bits per heavy atom. The van der Waals surface area contributed by atoms with E-state index in [1.54, 1.807) is 0 Å². The van der Waals surface area contributed by atoms with E-state index in [1.165, 1.54) is 0 Å². The van der Waals surface area contributed by atoms with Crippen molar-refractivity contribution >= 4 is 0 Å². The summed E-state index contributed by atoms with van der Waals surface area (Å²) in [4.78, 5) is 0. The quantitative estimate of drug-likeness (QED) is 0.541. The van der Waals surface area contributed by atoms with E-state index in [2.05, 4.69) is 13.5 Å². The predicted molar refractivity (Wildman–Crippen MR) is 68.2 cm³/mol. The lowest BCUT2D eigenvalue weighted by atomic mass is 10.1. The fraction of sp³-hybridized carbons (Fsp3) is 0.857. The van der Waals surface area contributed by atoms with Gasteiger partial charge in [0.1, 0.15) is 12.2 Å². The van der Waals surface area contributed by atoms with Gasteiger partial charge in [-0.25, -0.2) is 0 Å². The molecule has 4 atom stereocenters. The average molecular weight is 256 g/mol. The Hall–Kier alpha value is -0.420. The minimum atomic E-state index is -0.582. The van der Waals surface area contributed by atoms with Gasteiger partial charge in [0.25, 0.3) is 0 Å². The maximum Gasteiger partial charge on any atom is 0.190 e. The van der Waals surface area contributed by atoms with Gasteiger partial charge >= 0.3 is 0 Å². The third-order valence-electron chi connectivity index (χ3n) is 3.29. The van der Waals surface area contributed by atoms with Gasteiger partial charge in [0.05, 0.1) is 6.10 Å². The molecule has 0 aromatic heterocycles. The van der Waals surface area contributed by atoms with E-state index in [4.69, 9.17) is 18.9 Å². The van der Waals surface area contributed by atoms with Gasteiger partial charge < -0.3 is 18.9 Å². The van der Waals surface area contributed by atoms with Gasteiger partial charge in [-0.3, -0.25) is 0 Å². The van der Waals surface area contributed by atoms with E-state index in [9.17, 15) is 0 Å². The van der Waals surface area contributed by atoms with Crippen LogP contribution in [-0.4, -0.2) is 37.0 Å². The van der Waals surface area contributed by atoms with E-state index in [0.717, 1.165) is 25.9 Å². The molecule has 2 aliphatic rings. The lowest BCUT2D eigenvalue weighted by molar-refractivity contribution is -0.217. The van der Waals surface area contributed by atoms with Gasteiger partial charge in [-0.1, -0.05) is 19.4 Å². The second kappa shape index (κ2) is 5.70. The summed E-state index contributed by atoms with van der Waals surface area (Å²) >= 11 is 0. The molecular weight excluding hydrogens is 232 g/mol. The molecule has 0 aromatic carbocycles. The zero-order valence-corrected chi connectivity index (χ0v) is 11.6. The Balaban J connectivity index is 1.98. The van der Waals surface area contributed by atoms with Crippen molar-refractivity contribution in [2.75, 3.05) is 6.61 Å². The maximum absolute atomic E-state index is 5.94. The van der Waals surface area contributed by atoms with Gasteiger partial charge in [0.15, 0.2) is 12.1 Å². The number of unbranched alkanes of at least 4 members (excludes halogenated alkanes) is 1. The molecule has 4 nitrogen and oxygen atoms in total. The van der Waals surface area contributed by atoms with Crippen molar-refractivity contribution in [3.8, 4) is 0 Å². The lowest BCUT2D eigenvalue weighted by Crippen LogP contribution is -2.37. The molecule has 0 saturated carbocycles. The van der Waals surface area contributed by atoms with Crippen molar-refractivity contribution in [1.82, 2.24) is 0 Å². The van der Waals surface area contributed by atoms with Crippen LogP contribution < -0.4 is 0 Å². The first-order valence-corrected chi connectivity index (χ1v) is 6.81. The number of fused-ring (bicyclic) bond motifs is 1. The molecule has 104 valence electrons. The third kappa shape index (κ3) is 2.94.